The predicted molar refractivity (Wildman–Crippen MR) is 124 cm³/mol. The summed E-state index contributed by atoms with van der Waals surface area (Å²) in [6.45, 7) is 2.05. The van der Waals surface area contributed by atoms with Gasteiger partial charge in [-0.15, -0.1) is 0 Å². The van der Waals surface area contributed by atoms with Crippen LogP contribution in [0.5, 0.6) is 0 Å². The predicted octanol–water partition coefficient (Wildman–Crippen LogP) is 5.64. The van der Waals surface area contributed by atoms with E-state index < -0.39 is 11.8 Å². The highest BCUT2D eigenvalue weighted by atomic mass is 35.5. The van der Waals surface area contributed by atoms with Crippen LogP contribution in [0.2, 0.25) is 10.2 Å². The lowest BCUT2D eigenvalue weighted by Gasteiger charge is -2.09. The van der Waals surface area contributed by atoms with Gasteiger partial charge in [-0.25, -0.2) is 4.68 Å². The van der Waals surface area contributed by atoms with Crippen molar-refractivity contribution >= 4 is 46.4 Å². The highest BCUT2D eigenvalue weighted by Crippen LogP contribution is 2.25. The molecule has 0 fully saturated rings. The molecule has 0 radical (unpaired) electrons. The Morgan fingerprint density at radius 1 is 0.969 bits per heavy atom. The number of carbonyl (C=O) groups is 2. The van der Waals surface area contributed by atoms with Crippen LogP contribution in [0.4, 0.5) is 11.4 Å². The number of aromatic nitrogens is 2. The lowest BCUT2D eigenvalue weighted by Crippen LogP contribution is -2.14. The molecule has 2 N–H and O–H groups in total. The van der Waals surface area contributed by atoms with Crippen LogP contribution in [0, 0.1) is 6.92 Å². The van der Waals surface area contributed by atoms with Crippen molar-refractivity contribution in [3.8, 4) is 0 Å². The molecule has 32 heavy (non-hydrogen) atoms. The van der Waals surface area contributed by atoms with Gasteiger partial charge in [-0.2, -0.15) is 5.10 Å². The largest absolute Gasteiger partial charge is 0.459 e. The second kappa shape index (κ2) is 9.30. The summed E-state index contributed by atoms with van der Waals surface area (Å²) in [7, 11) is 0. The maximum Gasteiger partial charge on any atom is 0.291 e. The minimum atomic E-state index is -0.410. The Morgan fingerprint density at radius 3 is 2.38 bits per heavy atom. The second-order valence-electron chi connectivity index (χ2n) is 6.97. The Morgan fingerprint density at radius 2 is 1.69 bits per heavy atom. The van der Waals surface area contributed by atoms with Crippen molar-refractivity contribution < 1.29 is 14.0 Å². The lowest BCUT2D eigenvalue weighted by atomic mass is 10.2. The molecule has 0 aliphatic heterocycles. The van der Waals surface area contributed by atoms with Crippen LogP contribution in [-0.2, 0) is 6.54 Å². The zero-order valence-corrected chi connectivity index (χ0v) is 18.4. The van der Waals surface area contributed by atoms with E-state index in [0.717, 1.165) is 5.56 Å². The number of benzene rings is 2. The molecule has 0 aliphatic carbocycles. The molecule has 0 spiro atoms. The topological polar surface area (TPSA) is 89.2 Å². The van der Waals surface area contributed by atoms with Crippen LogP contribution in [0.25, 0.3) is 0 Å². The number of rotatable bonds is 6. The van der Waals surface area contributed by atoms with Crippen molar-refractivity contribution in [1.82, 2.24) is 9.78 Å². The third-order valence-electron chi connectivity index (χ3n) is 4.69. The van der Waals surface area contributed by atoms with Gasteiger partial charge in [0.2, 0.25) is 0 Å². The average molecular weight is 469 g/mol. The molecule has 0 unspecified atom stereocenters. The van der Waals surface area contributed by atoms with Crippen LogP contribution in [0.3, 0.4) is 0 Å². The summed E-state index contributed by atoms with van der Waals surface area (Å²) < 4.78 is 6.62. The molecule has 7 nitrogen and oxygen atoms in total. The first-order valence-electron chi connectivity index (χ1n) is 9.65. The number of anilines is 2. The third-order valence-corrected chi connectivity index (χ3v) is 5.45. The summed E-state index contributed by atoms with van der Waals surface area (Å²) >= 11 is 12.7. The number of hydrogen-bond acceptors (Lipinski definition) is 4. The van der Waals surface area contributed by atoms with E-state index in [0.29, 0.717) is 28.6 Å². The van der Waals surface area contributed by atoms with Gasteiger partial charge in [0.25, 0.3) is 11.8 Å². The highest BCUT2D eigenvalue weighted by Gasteiger charge is 2.21. The summed E-state index contributed by atoms with van der Waals surface area (Å²) in [5.74, 6) is -0.613. The Kier molecular flexibility index (Phi) is 6.30. The van der Waals surface area contributed by atoms with Gasteiger partial charge in [0.15, 0.2) is 5.76 Å². The van der Waals surface area contributed by atoms with Crippen molar-refractivity contribution in [2.75, 3.05) is 10.6 Å². The van der Waals surface area contributed by atoms with E-state index in [1.54, 1.807) is 49.4 Å². The Hall–Kier alpha value is -3.55. The van der Waals surface area contributed by atoms with Gasteiger partial charge in [-0.3, -0.25) is 9.59 Å². The fraction of sp³-hybridized carbons (Fsp3) is 0.0870. The molecule has 9 heteroatoms. The van der Waals surface area contributed by atoms with E-state index >= 15 is 0 Å². The first-order chi connectivity index (χ1) is 15.4. The SMILES string of the molecule is Cc1nn(Cc2ccccc2Cl)c(Cl)c1C(=O)Nc1cccc(NC(=O)c2ccco2)c1. The quantitative estimate of drug-likeness (QED) is 0.382. The van der Waals surface area contributed by atoms with Gasteiger partial charge in [-0.1, -0.05) is 47.5 Å². The molecule has 0 bridgehead atoms. The Balaban J connectivity index is 1.50. The van der Waals surface area contributed by atoms with Crippen LogP contribution >= 0.6 is 23.2 Å². The van der Waals surface area contributed by atoms with Gasteiger partial charge in [0.05, 0.1) is 24.1 Å². The van der Waals surface area contributed by atoms with Crippen molar-refractivity contribution in [3.63, 3.8) is 0 Å². The normalized spacial score (nSPS) is 10.7. The minimum Gasteiger partial charge on any atom is -0.459 e. The van der Waals surface area contributed by atoms with Crippen molar-refractivity contribution in [2.24, 2.45) is 0 Å². The number of furan rings is 1. The fourth-order valence-corrected chi connectivity index (χ4v) is 3.69. The third kappa shape index (κ3) is 4.69. The molecule has 0 atom stereocenters. The van der Waals surface area contributed by atoms with E-state index in [9.17, 15) is 9.59 Å². The van der Waals surface area contributed by atoms with Gasteiger partial charge in [0, 0.05) is 16.4 Å². The highest BCUT2D eigenvalue weighted by molar-refractivity contribution is 6.34. The monoisotopic (exact) mass is 468 g/mol. The van der Waals surface area contributed by atoms with Gasteiger partial charge in [-0.05, 0) is 48.9 Å². The zero-order chi connectivity index (χ0) is 22.7. The van der Waals surface area contributed by atoms with E-state index in [4.69, 9.17) is 27.6 Å². The maximum absolute atomic E-state index is 12.9. The average Bonchev–Trinajstić information content (AvgIpc) is 3.38. The summed E-state index contributed by atoms with van der Waals surface area (Å²) in [5, 5.41) is 10.7. The minimum absolute atomic E-state index is 0.188. The standard InChI is InChI=1S/C23H18Cl2N4O3/c1-14-20(21(25)29(28-14)13-15-6-2-3-9-18(15)24)23(31)27-17-8-4-7-16(12-17)26-22(30)19-10-5-11-32-19/h2-12H,13H2,1H3,(H,26,30)(H,27,31). The van der Waals surface area contributed by atoms with Crippen molar-refractivity contribution in [1.29, 1.82) is 0 Å². The summed E-state index contributed by atoms with van der Waals surface area (Å²) in [6, 6.07) is 17.3. The fourth-order valence-electron chi connectivity index (χ4n) is 3.17. The molecule has 2 aromatic carbocycles. The smallest absolute Gasteiger partial charge is 0.291 e. The molecular formula is C23H18Cl2N4O3. The van der Waals surface area contributed by atoms with E-state index in [2.05, 4.69) is 15.7 Å². The maximum atomic E-state index is 12.9. The molecule has 0 aliphatic rings. The van der Waals surface area contributed by atoms with Crippen LogP contribution in [0.15, 0.2) is 71.3 Å². The van der Waals surface area contributed by atoms with Crippen LogP contribution in [-0.4, -0.2) is 21.6 Å². The number of amides is 2. The summed E-state index contributed by atoms with van der Waals surface area (Å²) in [5.41, 5.74) is 2.58. The molecule has 4 rings (SSSR count). The summed E-state index contributed by atoms with van der Waals surface area (Å²) in [6.07, 6.45) is 1.42. The van der Waals surface area contributed by atoms with Gasteiger partial charge >= 0.3 is 0 Å². The van der Waals surface area contributed by atoms with Crippen LogP contribution < -0.4 is 10.6 Å². The van der Waals surface area contributed by atoms with Crippen molar-refractivity contribution in [3.05, 3.63) is 99.7 Å². The molecule has 2 heterocycles. The van der Waals surface area contributed by atoms with E-state index in [1.165, 1.54) is 10.9 Å². The molecule has 0 saturated carbocycles. The number of hydrogen-bond donors (Lipinski definition) is 2. The molecule has 2 amide bonds. The summed E-state index contributed by atoms with van der Waals surface area (Å²) in [4.78, 5) is 25.1. The number of nitrogens with zero attached hydrogens (tertiary/aromatic N) is 2. The second-order valence-corrected chi connectivity index (χ2v) is 7.73. The number of carbonyl (C=O) groups excluding carboxylic acids is 2. The molecular weight excluding hydrogens is 451 g/mol. The zero-order valence-electron chi connectivity index (χ0n) is 16.9. The number of aryl methyl sites for hydroxylation is 1. The van der Waals surface area contributed by atoms with Gasteiger partial charge in [0.1, 0.15) is 5.15 Å². The molecule has 4 aromatic rings. The lowest BCUT2D eigenvalue weighted by molar-refractivity contribution is 0.0995. The molecule has 0 saturated heterocycles. The molecule has 162 valence electrons. The first kappa shape index (κ1) is 21.7. The Bertz CT molecular complexity index is 1280. The van der Waals surface area contributed by atoms with Crippen LogP contribution in [0.1, 0.15) is 32.2 Å². The molecule has 2 aromatic heterocycles. The number of nitrogens with one attached hydrogen (secondary N) is 2. The van der Waals surface area contributed by atoms with Crippen molar-refractivity contribution in [2.45, 2.75) is 13.5 Å². The Labute approximate surface area is 193 Å². The first-order valence-corrected chi connectivity index (χ1v) is 10.4. The number of halogens is 2. The van der Waals surface area contributed by atoms with E-state index in [1.807, 2.05) is 18.2 Å². The van der Waals surface area contributed by atoms with E-state index in [-0.39, 0.29) is 16.5 Å². The van der Waals surface area contributed by atoms with Gasteiger partial charge < -0.3 is 15.1 Å².